The average molecular weight is 419 g/mol. The molecule has 0 radical (unpaired) electrons. The minimum Gasteiger partial charge on any atom is -0.429 e. The largest absolute Gasteiger partial charge is 0.429 e. The number of aromatic nitrogens is 3. The van der Waals surface area contributed by atoms with E-state index in [2.05, 4.69) is 39.2 Å². The summed E-state index contributed by atoms with van der Waals surface area (Å²) in [5, 5.41) is 4.78. The molecule has 0 amide bonds. The molecule has 3 atom stereocenters. The van der Waals surface area contributed by atoms with Crippen LogP contribution in [0.1, 0.15) is 38.4 Å². The van der Waals surface area contributed by atoms with E-state index >= 15 is 0 Å². The normalized spacial score (nSPS) is 26.7. The molecule has 3 fully saturated rings. The number of nitrogens with zero attached hydrogens (tertiary/aromatic N) is 4. The number of piperidine rings is 1. The molecule has 0 bridgehead atoms. The lowest BCUT2D eigenvalue weighted by atomic mass is 10.1. The molecule has 5 rings (SSSR count). The van der Waals surface area contributed by atoms with E-state index in [4.69, 9.17) is 15.6 Å². The Morgan fingerprint density at radius 2 is 1.93 bits per heavy atom. The number of ether oxygens (including phenoxy) is 2. The molecule has 162 valence electrons. The van der Waals surface area contributed by atoms with Crippen molar-refractivity contribution in [3.05, 3.63) is 24.0 Å². The Bertz CT molecular complexity index is 941. The van der Waals surface area contributed by atoms with E-state index in [0.717, 1.165) is 26.3 Å². The van der Waals surface area contributed by atoms with Crippen LogP contribution in [0.4, 0.5) is 14.6 Å². The minimum absolute atomic E-state index is 0.0689. The molecule has 2 aromatic heterocycles. The summed E-state index contributed by atoms with van der Waals surface area (Å²) in [6.07, 6.45) is -1.78. The first kappa shape index (κ1) is 19.7. The molecule has 30 heavy (non-hydrogen) atoms. The van der Waals surface area contributed by atoms with E-state index in [-0.39, 0.29) is 17.6 Å². The molecule has 3 aliphatic rings. The van der Waals surface area contributed by atoms with Gasteiger partial charge >= 0.3 is 6.11 Å². The highest BCUT2D eigenvalue weighted by Crippen LogP contribution is 2.59. The Hall–Kier alpha value is -2.26. The molecule has 2 aromatic rings. The number of hydrogen-bond acceptors (Lipinski definition) is 6. The van der Waals surface area contributed by atoms with Crippen LogP contribution in [-0.2, 0) is 4.74 Å². The minimum atomic E-state index is -3.33. The highest BCUT2D eigenvalue weighted by molar-refractivity contribution is 5.64. The van der Waals surface area contributed by atoms with Crippen molar-refractivity contribution < 1.29 is 18.3 Å². The Morgan fingerprint density at radius 3 is 2.50 bits per heavy atom. The van der Waals surface area contributed by atoms with Crippen molar-refractivity contribution in [3.8, 4) is 17.0 Å². The third-order valence-electron chi connectivity index (χ3n) is 6.42. The summed E-state index contributed by atoms with van der Waals surface area (Å²) < 4.78 is 38.7. The van der Waals surface area contributed by atoms with Crippen molar-refractivity contribution >= 4 is 5.82 Å². The molecule has 2 saturated heterocycles. The standard InChI is InChI=1S/C21H27F2N5O2/c1-11(2)28-17(19-14-7-27(8-15(14)19)13-9-29-10-13)5-16(26-28)12-4-18(20(24)25-6-12)30-21(3,22)23/h4-6,11,13-15,19H,7-10H2,1-3H3,(H2,24,25)/t14-,15+,19?. The number of nitrogen functional groups attached to an aromatic ring is 1. The SMILES string of the molecule is CC(C)n1nc(-c2cnc(N)c(OC(C)(F)F)c2)cc1C1[C@H]2CN(C3COC3)C[C@@H]12. The summed E-state index contributed by atoms with van der Waals surface area (Å²) in [7, 11) is 0. The number of hydrogen-bond donors (Lipinski definition) is 1. The van der Waals surface area contributed by atoms with Gasteiger partial charge in [-0.1, -0.05) is 0 Å². The van der Waals surface area contributed by atoms with E-state index in [1.54, 1.807) is 6.20 Å². The number of fused-ring (bicyclic) bond motifs is 1. The first-order chi connectivity index (χ1) is 14.2. The molecule has 1 aliphatic carbocycles. The van der Waals surface area contributed by atoms with E-state index in [1.165, 1.54) is 11.8 Å². The summed E-state index contributed by atoms with van der Waals surface area (Å²) in [6, 6.07) is 4.34. The van der Waals surface area contributed by atoms with Crippen molar-refractivity contribution in [3.63, 3.8) is 0 Å². The van der Waals surface area contributed by atoms with Crippen molar-refractivity contribution in [1.82, 2.24) is 19.7 Å². The fraction of sp³-hybridized carbons (Fsp3) is 0.619. The van der Waals surface area contributed by atoms with Gasteiger partial charge in [0.1, 0.15) is 0 Å². The molecule has 4 heterocycles. The van der Waals surface area contributed by atoms with Crippen LogP contribution in [0.5, 0.6) is 5.75 Å². The molecule has 1 saturated carbocycles. The van der Waals surface area contributed by atoms with Gasteiger partial charge in [0.05, 0.1) is 24.9 Å². The molecular formula is C21H27F2N5O2. The molecular weight excluding hydrogens is 392 g/mol. The lowest BCUT2D eigenvalue weighted by Crippen LogP contribution is -2.48. The Labute approximate surface area is 174 Å². The number of alkyl halides is 2. The molecule has 0 aromatic carbocycles. The second-order valence-corrected chi connectivity index (χ2v) is 9.01. The summed E-state index contributed by atoms with van der Waals surface area (Å²) >= 11 is 0. The lowest BCUT2D eigenvalue weighted by molar-refractivity contribution is -0.158. The maximum absolute atomic E-state index is 13.3. The van der Waals surface area contributed by atoms with E-state index in [9.17, 15) is 8.78 Å². The van der Waals surface area contributed by atoms with Gasteiger partial charge in [-0.3, -0.25) is 9.58 Å². The van der Waals surface area contributed by atoms with Crippen molar-refractivity contribution in [2.24, 2.45) is 11.8 Å². The predicted molar refractivity (Wildman–Crippen MR) is 107 cm³/mol. The number of pyridine rings is 1. The molecule has 0 spiro atoms. The Balaban J connectivity index is 1.40. The van der Waals surface area contributed by atoms with E-state index in [1.807, 2.05) is 0 Å². The molecule has 7 nitrogen and oxygen atoms in total. The second-order valence-electron chi connectivity index (χ2n) is 9.01. The zero-order chi connectivity index (χ0) is 21.2. The summed E-state index contributed by atoms with van der Waals surface area (Å²) in [4.78, 5) is 6.58. The fourth-order valence-electron chi connectivity index (χ4n) is 4.81. The van der Waals surface area contributed by atoms with Gasteiger partial charge in [0.25, 0.3) is 0 Å². The van der Waals surface area contributed by atoms with Gasteiger partial charge in [0.2, 0.25) is 0 Å². The number of nitrogens with two attached hydrogens (primary N) is 1. The highest BCUT2D eigenvalue weighted by atomic mass is 19.3. The van der Waals surface area contributed by atoms with Gasteiger partial charge in [-0.05, 0) is 37.8 Å². The smallest absolute Gasteiger partial charge is 0.395 e. The van der Waals surface area contributed by atoms with Gasteiger partial charge in [-0.15, -0.1) is 0 Å². The summed E-state index contributed by atoms with van der Waals surface area (Å²) in [6.45, 7) is 8.79. The number of rotatable bonds is 6. The molecule has 1 unspecified atom stereocenters. The van der Waals surface area contributed by atoms with Crippen LogP contribution in [-0.4, -0.2) is 58.1 Å². The zero-order valence-corrected chi connectivity index (χ0v) is 17.4. The van der Waals surface area contributed by atoms with Crippen LogP contribution in [0.15, 0.2) is 18.3 Å². The second kappa shape index (κ2) is 6.88. The Kier molecular flexibility index (Phi) is 4.52. The van der Waals surface area contributed by atoms with Crippen molar-refractivity contribution in [1.29, 1.82) is 0 Å². The van der Waals surface area contributed by atoms with Crippen LogP contribution in [0.25, 0.3) is 11.3 Å². The number of halogens is 2. The van der Waals surface area contributed by atoms with E-state index < -0.39 is 6.11 Å². The van der Waals surface area contributed by atoms with E-state index in [0.29, 0.717) is 42.0 Å². The summed E-state index contributed by atoms with van der Waals surface area (Å²) in [5.74, 6) is 1.58. The summed E-state index contributed by atoms with van der Waals surface area (Å²) in [5.41, 5.74) is 8.24. The van der Waals surface area contributed by atoms with Gasteiger partial charge < -0.3 is 15.2 Å². The third-order valence-corrected chi connectivity index (χ3v) is 6.42. The first-order valence-electron chi connectivity index (χ1n) is 10.4. The molecule has 9 heteroatoms. The van der Waals surface area contributed by atoms with Crippen LogP contribution in [0, 0.1) is 11.8 Å². The topological polar surface area (TPSA) is 78.4 Å². The first-order valence-corrected chi connectivity index (χ1v) is 10.4. The molecule has 2 N–H and O–H groups in total. The van der Waals surface area contributed by atoms with Crippen molar-refractivity contribution in [2.45, 2.75) is 44.9 Å². The van der Waals surface area contributed by atoms with Gasteiger partial charge in [0, 0.05) is 49.4 Å². The fourth-order valence-corrected chi connectivity index (χ4v) is 4.81. The van der Waals surface area contributed by atoms with Crippen LogP contribution in [0.3, 0.4) is 0 Å². The lowest BCUT2D eigenvalue weighted by Gasteiger charge is -2.35. The van der Waals surface area contributed by atoms with Gasteiger partial charge in [-0.25, -0.2) is 4.98 Å². The van der Waals surface area contributed by atoms with Crippen molar-refractivity contribution in [2.75, 3.05) is 32.0 Å². The van der Waals surface area contributed by atoms with Gasteiger partial charge in [-0.2, -0.15) is 13.9 Å². The quantitative estimate of drug-likeness (QED) is 0.775. The third kappa shape index (κ3) is 3.43. The predicted octanol–water partition coefficient (Wildman–Crippen LogP) is 3.14. The molecule has 2 aliphatic heterocycles. The van der Waals surface area contributed by atoms with Crippen LogP contribution in [0.2, 0.25) is 0 Å². The van der Waals surface area contributed by atoms with Crippen LogP contribution >= 0.6 is 0 Å². The zero-order valence-electron chi connectivity index (χ0n) is 17.4. The maximum atomic E-state index is 13.3. The maximum Gasteiger partial charge on any atom is 0.395 e. The highest BCUT2D eigenvalue weighted by Gasteiger charge is 2.58. The van der Waals surface area contributed by atoms with Crippen LogP contribution < -0.4 is 10.5 Å². The Morgan fingerprint density at radius 1 is 1.23 bits per heavy atom. The number of likely N-dealkylation sites (tertiary alicyclic amines) is 1. The number of anilines is 1. The monoisotopic (exact) mass is 419 g/mol. The van der Waals surface area contributed by atoms with Gasteiger partial charge in [0.15, 0.2) is 11.6 Å². The average Bonchev–Trinajstić information content (AvgIpc) is 2.97.